The van der Waals surface area contributed by atoms with Crippen LogP contribution in [0.4, 0.5) is 5.69 Å². The Balaban J connectivity index is 1.44. The van der Waals surface area contributed by atoms with Crippen molar-refractivity contribution in [2.24, 2.45) is 0 Å². The van der Waals surface area contributed by atoms with Crippen molar-refractivity contribution in [1.82, 2.24) is 0 Å². The van der Waals surface area contributed by atoms with Crippen LogP contribution in [-0.2, 0) is 12.8 Å². The number of hydrogen-bond donors (Lipinski definition) is 1. The zero-order valence-electron chi connectivity index (χ0n) is 16.9. The predicted octanol–water partition coefficient (Wildman–Crippen LogP) is 5.83. The smallest absolute Gasteiger partial charge is 0.255 e. The van der Waals surface area contributed by atoms with Gasteiger partial charge in [0.2, 0.25) is 0 Å². The van der Waals surface area contributed by atoms with Gasteiger partial charge in [0.1, 0.15) is 5.75 Å². The number of allylic oxidation sites excluding steroid dienone is 1. The highest BCUT2D eigenvalue weighted by atomic mass is 16.5. The Morgan fingerprint density at radius 3 is 2.55 bits per heavy atom. The van der Waals surface area contributed by atoms with Crippen LogP contribution < -0.4 is 10.1 Å². The standard InChI is InChI=1S/C26H25NO2/c1-18-5-3-4-6-25(18)27-26(28)21-10-7-19(8-11-21)15-20-9-12-23-17-24(29-2)14-13-22(23)16-20/h3-8,10-11,13-14,16-17H,9,12,15H2,1-2H3,(H,27,28). The molecule has 0 fully saturated rings. The maximum absolute atomic E-state index is 12.5. The highest BCUT2D eigenvalue weighted by Crippen LogP contribution is 2.29. The minimum atomic E-state index is -0.0781. The first-order valence-corrected chi connectivity index (χ1v) is 9.94. The lowest BCUT2D eigenvalue weighted by molar-refractivity contribution is 0.102. The largest absolute Gasteiger partial charge is 0.497 e. The molecule has 0 saturated heterocycles. The Morgan fingerprint density at radius 1 is 1.00 bits per heavy atom. The van der Waals surface area contributed by atoms with E-state index in [9.17, 15) is 4.79 Å². The van der Waals surface area contributed by atoms with E-state index in [2.05, 4.69) is 35.7 Å². The molecular weight excluding hydrogens is 358 g/mol. The quantitative estimate of drug-likeness (QED) is 0.602. The molecule has 1 aliphatic rings. The van der Waals surface area contributed by atoms with Gasteiger partial charge in [-0.2, -0.15) is 0 Å². The number of methoxy groups -OCH3 is 1. The summed E-state index contributed by atoms with van der Waals surface area (Å²) in [5, 5.41) is 2.99. The third-order valence-electron chi connectivity index (χ3n) is 5.47. The van der Waals surface area contributed by atoms with E-state index in [1.165, 1.54) is 22.3 Å². The van der Waals surface area contributed by atoms with Crippen molar-refractivity contribution in [2.45, 2.75) is 26.2 Å². The van der Waals surface area contributed by atoms with Crippen LogP contribution in [0, 0.1) is 6.92 Å². The van der Waals surface area contributed by atoms with Gasteiger partial charge in [-0.25, -0.2) is 0 Å². The number of para-hydroxylation sites is 1. The summed E-state index contributed by atoms with van der Waals surface area (Å²) >= 11 is 0. The Hall–Kier alpha value is -3.33. The Bertz CT molecular complexity index is 1060. The van der Waals surface area contributed by atoms with Gasteiger partial charge in [0.05, 0.1) is 7.11 Å². The number of carbonyl (C=O) groups excluding carboxylic acids is 1. The van der Waals surface area contributed by atoms with Gasteiger partial charge in [-0.05, 0) is 78.8 Å². The lowest BCUT2D eigenvalue weighted by Crippen LogP contribution is -2.12. The van der Waals surface area contributed by atoms with Crippen LogP contribution >= 0.6 is 0 Å². The average Bonchev–Trinajstić information content (AvgIpc) is 2.75. The molecule has 3 aromatic carbocycles. The summed E-state index contributed by atoms with van der Waals surface area (Å²) in [6.45, 7) is 1.99. The van der Waals surface area contributed by atoms with Crippen molar-refractivity contribution < 1.29 is 9.53 Å². The zero-order valence-corrected chi connectivity index (χ0v) is 16.9. The highest BCUT2D eigenvalue weighted by Gasteiger charge is 2.13. The molecule has 0 bridgehead atoms. The van der Waals surface area contributed by atoms with Gasteiger partial charge in [0, 0.05) is 11.3 Å². The number of nitrogens with one attached hydrogen (secondary N) is 1. The fraction of sp³-hybridized carbons (Fsp3) is 0.192. The van der Waals surface area contributed by atoms with Crippen LogP contribution in [0.1, 0.15) is 39.0 Å². The third kappa shape index (κ3) is 4.40. The number of amides is 1. The van der Waals surface area contributed by atoms with Gasteiger partial charge in [0.25, 0.3) is 5.91 Å². The fourth-order valence-corrected chi connectivity index (χ4v) is 3.74. The summed E-state index contributed by atoms with van der Waals surface area (Å²) < 4.78 is 5.32. The van der Waals surface area contributed by atoms with Gasteiger partial charge in [-0.15, -0.1) is 0 Å². The van der Waals surface area contributed by atoms with Gasteiger partial charge < -0.3 is 10.1 Å². The second-order valence-electron chi connectivity index (χ2n) is 7.51. The second-order valence-corrected chi connectivity index (χ2v) is 7.51. The van der Waals surface area contributed by atoms with Crippen LogP contribution in [0.2, 0.25) is 0 Å². The summed E-state index contributed by atoms with van der Waals surface area (Å²) in [6, 6.07) is 22.0. The molecule has 0 heterocycles. The number of ether oxygens (including phenoxy) is 1. The molecule has 1 amide bonds. The van der Waals surface area contributed by atoms with Crippen LogP contribution in [0.3, 0.4) is 0 Å². The van der Waals surface area contributed by atoms with Crippen molar-refractivity contribution in [3.05, 3.63) is 100 Å². The average molecular weight is 383 g/mol. The molecule has 0 saturated carbocycles. The van der Waals surface area contributed by atoms with Crippen LogP contribution in [0.5, 0.6) is 5.75 Å². The summed E-state index contributed by atoms with van der Waals surface area (Å²) in [4.78, 5) is 12.5. The molecule has 146 valence electrons. The number of rotatable bonds is 5. The molecule has 0 spiro atoms. The lowest BCUT2D eigenvalue weighted by Gasteiger charge is -2.17. The van der Waals surface area contributed by atoms with Crippen LogP contribution in [0.15, 0.2) is 72.3 Å². The van der Waals surface area contributed by atoms with E-state index in [0.29, 0.717) is 5.56 Å². The normalized spacial score (nSPS) is 12.7. The van der Waals surface area contributed by atoms with Gasteiger partial charge in [-0.3, -0.25) is 4.79 Å². The Labute approximate surface area is 172 Å². The Kier molecular flexibility index (Phi) is 5.48. The fourth-order valence-electron chi connectivity index (χ4n) is 3.74. The molecule has 0 aliphatic heterocycles. The lowest BCUT2D eigenvalue weighted by atomic mass is 9.89. The van der Waals surface area contributed by atoms with Crippen molar-refractivity contribution in [3.8, 4) is 5.75 Å². The minimum absolute atomic E-state index is 0.0781. The molecule has 3 aromatic rings. The first kappa shape index (κ1) is 19.0. The van der Waals surface area contributed by atoms with E-state index >= 15 is 0 Å². The van der Waals surface area contributed by atoms with Gasteiger partial charge >= 0.3 is 0 Å². The molecule has 3 nitrogen and oxygen atoms in total. The number of aryl methyl sites for hydroxylation is 2. The molecule has 0 radical (unpaired) electrons. The highest BCUT2D eigenvalue weighted by molar-refractivity contribution is 6.04. The van der Waals surface area contributed by atoms with Crippen molar-refractivity contribution >= 4 is 17.7 Å². The van der Waals surface area contributed by atoms with E-state index in [4.69, 9.17) is 4.74 Å². The topological polar surface area (TPSA) is 38.3 Å². The number of carbonyl (C=O) groups is 1. The second kappa shape index (κ2) is 8.36. The summed E-state index contributed by atoms with van der Waals surface area (Å²) in [5.74, 6) is 0.839. The molecule has 1 N–H and O–H groups in total. The first-order valence-electron chi connectivity index (χ1n) is 9.94. The number of anilines is 1. The number of benzene rings is 3. The van der Waals surface area contributed by atoms with Crippen LogP contribution in [0.25, 0.3) is 6.08 Å². The summed E-state index contributed by atoms with van der Waals surface area (Å²) in [7, 11) is 1.71. The van der Waals surface area contributed by atoms with E-state index in [1.54, 1.807) is 7.11 Å². The zero-order chi connectivity index (χ0) is 20.2. The maximum atomic E-state index is 12.5. The molecule has 4 rings (SSSR count). The monoisotopic (exact) mass is 383 g/mol. The molecule has 0 atom stereocenters. The number of fused-ring (bicyclic) bond motifs is 1. The van der Waals surface area contributed by atoms with Crippen molar-refractivity contribution in [1.29, 1.82) is 0 Å². The van der Waals surface area contributed by atoms with E-state index in [0.717, 1.165) is 36.3 Å². The Morgan fingerprint density at radius 2 is 1.79 bits per heavy atom. The van der Waals surface area contributed by atoms with E-state index in [1.807, 2.05) is 49.4 Å². The molecule has 0 unspecified atom stereocenters. The van der Waals surface area contributed by atoms with Crippen LogP contribution in [-0.4, -0.2) is 13.0 Å². The number of hydrogen-bond acceptors (Lipinski definition) is 2. The SMILES string of the molecule is COc1ccc2c(c1)CCC(Cc1ccc(C(=O)Nc3ccccc3C)cc1)=C2. The van der Waals surface area contributed by atoms with E-state index in [-0.39, 0.29) is 5.91 Å². The predicted molar refractivity (Wildman–Crippen MR) is 119 cm³/mol. The molecule has 1 aliphatic carbocycles. The minimum Gasteiger partial charge on any atom is -0.497 e. The molecule has 3 heteroatoms. The third-order valence-corrected chi connectivity index (χ3v) is 5.47. The molecule has 0 aromatic heterocycles. The van der Waals surface area contributed by atoms with Gasteiger partial charge in [0.15, 0.2) is 0 Å². The summed E-state index contributed by atoms with van der Waals surface area (Å²) in [5.41, 5.74) is 7.84. The summed E-state index contributed by atoms with van der Waals surface area (Å²) in [6.07, 6.45) is 5.28. The van der Waals surface area contributed by atoms with Crippen molar-refractivity contribution in [2.75, 3.05) is 12.4 Å². The first-order chi connectivity index (χ1) is 14.1. The molecule has 29 heavy (non-hydrogen) atoms. The van der Waals surface area contributed by atoms with Crippen molar-refractivity contribution in [3.63, 3.8) is 0 Å². The maximum Gasteiger partial charge on any atom is 0.255 e. The van der Waals surface area contributed by atoms with E-state index < -0.39 is 0 Å². The molecular formula is C26H25NO2. The van der Waals surface area contributed by atoms with Gasteiger partial charge in [-0.1, -0.05) is 48.0 Å².